The smallest absolute Gasteiger partial charge is 0.220 e. The van der Waals surface area contributed by atoms with Gasteiger partial charge in [-0.05, 0) is 12.8 Å². The second-order valence-electron chi connectivity index (χ2n) is 11.0. The topological polar surface area (TPSA) is 82.0 Å². The van der Waals surface area contributed by atoms with Crippen LogP contribution in [0.4, 0.5) is 0 Å². The van der Waals surface area contributed by atoms with Gasteiger partial charge in [0.25, 0.3) is 0 Å². The molecule has 6 nitrogen and oxygen atoms in total. The highest BCUT2D eigenvalue weighted by Gasteiger charge is 2.29. The zero-order valence-corrected chi connectivity index (χ0v) is 23.9. The third kappa shape index (κ3) is 17.7. The van der Waals surface area contributed by atoms with Crippen molar-refractivity contribution in [1.29, 1.82) is 0 Å². The summed E-state index contributed by atoms with van der Waals surface area (Å²) in [7, 11) is 0. The summed E-state index contributed by atoms with van der Waals surface area (Å²) >= 11 is 0. The molecule has 0 unspecified atom stereocenters. The Bertz CT molecular complexity index is 499. The minimum atomic E-state index is -0.940. The number of hydrogen-bond donors (Lipinski definition) is 3. The van der Waals surface area contributed by atoms with Gasteiger partial charge in [-0.2, -0.15) is 0 Å². The molecular weight excluding hydrogens is 452 g/mol. The van der Waals surface area contributed by atoms with Gasteiger partial charge >= 0.3 is 0 Å². The van der Waals surface area contributed by atoms with Crippen molar-refractivity contribution in [1.82, 2.24) is 10.2 Å². The Morgan fingerprint density at radius 2 is 1.22 bits per heavy atom. The molecule has 3 N–H and O–H groups in total. The Labute approximate surface area is 222 Å². The van der Waals surface area contributed by atoms with Gasteiger partial charge in [0.05, 0.1) is 25.4 Å². The average Bonchev–Trinajstić information content (AvgIpc) is 2.89. The van der Waals surface area contributed by atoms with Gasteiger partial charge in [0.2, 0.25) is 5.91 Å². The van der Waals surface area contributed by atoms with E-state index in [0.717, 1.165) is 38.8 Å². The van der Waals surface area contributed by atoms with Crippen molar-refractivity contribution in [3.8, 4) is 0 Å². The molecular formula is C30H60N2O4. The molecule has 1 fully saturated rings. The van der Waals surface area contributed by atoms with Gasteiger partial charge < -0.3 is 20.3 Å². The zero-order valence-electron chi connectivity index (χ0n) is 23.9. The summed E-state index contributed by atoms with van der Waals surface area (Å²) in [6.45, 7) is 7.95. The molecule has 36 heavy (non-hydrogen) atoms. The third-order valence-corrected chi connectivity index (χ3v) is 7.57. The lowest BCUT2D eigenvalue weighted by Crippen LogP contribution is -2.55. The number of hydrogen-bond acceptors (Lipinski definition) is 5. The van der Waals surface area contributed by atoms with Crippen LogP contribution in [0.5, 0.6) is 0 Å². The van der Waals surface area contributed by atoms with E-state index in [-0.39, 0.29) is 5.91 Å². The van der Waals surface area contributed by atoms with E-state index in [4.69, 9.17) is 4.74 Å². The molecule has 0 aromatic rings. The summed E-state index contributed by atoms with van der Waals surface area (Å²) in [5, 5.41) is 24.7. The van der Waals surface area contributed by atoms with Crippen LogP contribution in [0.3, 0.4) is 0 Å². The molecule has 0 radical (unpaired) electrons. The highest BCUT2D eigenvalue weighted by Crippen LogP contribution is 2.15. The summed E-state index contributed by atoms with van der Waals surface area (Å²) in [6.07, 6.45) is 20.2. The first-order valence-corrected chi connectivity index (χ1v) is 15.5. The average molecular weight is 513 g/mol. The molecule has 1 saturated heterocycles. The van der Waals surface area contributed by atoms with Crippen molar-refractivity contribution in [2.75, 3.05) is 32.8 Å². The van der Waals surface area contributed by atoms with Crippen LogP contribution in [0, 0.1) is 0 Å². The molecule has 1 aliphatic rings. The zero-order chi connectivity index (χ0) is 26.3. The molecule has 0 spiro atoms. The number of nitrogens with one attached hydrogen (secondary N) is 1. The molecule has 6 heteroatoms. The predicted molar refractivity (Wildman–Crippen MR) is 150 cm³/mol. The second kappa shape index (κ2) is 23.4. The lowest BCUT2D eigenvalue weighted by molar-refractivity contribution is -0.124. The monoisotopic (exact) mass is 512 g/mol. The number of carbonyl (C=O) groups excluding carboxylic acids is 1. The van der Waals surface area contributed by atoms with E-state index in [2.05, 4.69) is 24.1 Å². The molecule has 0 aromatic carbocycles. The Balaban J connectivity index is 2.28. The summed E-state index contributed by atoms with van der Waals surface area (Å²) in [4.78, 5) is 14.8. The molecule has 0 bridgehead atoms. The van der Waals surface area contributed by atoms with Gasteiger partial charge in [-0.25, -0.2) is 0 Å². The van der Waals surface area contributed by atoms with Gasteiger partial charge in [-0.15, -0.1) is 0 Å². The number of aliphatic hydroxyl groups excluding tert-OH is 2. The van der Waals surface area contributed by atoms with E-state index in [1.807, 2.05) is 0 Å². The van der Waals surface area contributed by atoms with Crippen molar-refractivity contribution in [2.45, 2.75) is 154 Å². The Kier molecular flexibility index (Phi) is 21.7. The van der Waals surface area contributed by atoms with Crippen molar-refractivity contribution in [3.05, 3.63) is 0 Å². The Morgan fingerprint density at radius 1 is 0.750 bits per heavy atom. The molecule has 1 amide bonds. The molecule has 1 aliphatic heterocycles. The van der Waals surface area contributed by atoms with Gasteiger partial charge in [0, 0.05) is 26.1 Å². The first kappa shape index (κ1) is 33.3. The molecule has 0 saturated carbocycles. The van der Waals surface area contributed by atoms with E-state index >= 15 is 0 Å². The van der Waals surface area contributed by atoms with Crippen molar-refractivity contribution in [3.63, 3.8) is 0 Å². The van der Waals surface area contributed by atoms with E-state index in [1.54, 1.807) is 0 Å². The van der Waals surface area contributed by atoms with Crippen LogP contribution < -0.4 is 5.32 Å². The number of aliphatic hydroxyl groups is 2. The van der Waals surface area contributed by atoms with E-state index < -0.39 is 18.2 Å². The fourth-order valence-electron chi connectivity index (χ4n) is 5.10. The fraction of sp³-hybridized carbons (Fsp3) is 0.967. The van der Waals surface area contributed by atoms with Crippen LogP contribution >= 0.6 is 0 Å². The summed E-state index contributed by atoms with van der Waals surface area (Å²) < 4.78 is 5.44. The predicted octanol–water partition coefficient (Wildman–Crippen LogP) is 5.98. The molecule has 214 valence electrons. The third-order valence-electron chi connectivity index (χ3n) is 7.57. The van der Waals surface area contributed by atoms with Crippen molar-refractivity contribution in [2.24, 2.45) is 0 Å². The van der Waals surface area contributed by atoms with Crippen molar-refractivity contribution < 1.29 is 19.7 Å². The van der Waals surface area contributed by atoms with Gasteiger partial charge in [-0.1, -0.05) is 117 Å². The van der Waals surface area contributed by atoms with Crippen LogP contribution in [0.1, 0.15) is 136 Å². The highest BCUT2D eigenvalue weighted by molar-refractivity contribution is 5.76. The minimum absolute atomic E-state index is 0.0126. The molecule has 1 rings (SSSR count). The maximum Gasteiger partial charge on any atom is 0.220 e. The van der Waals surface area contributed by atoms with Gasteiger partial charge in [0.15, 0.2) is 0 Å². The largest absolute Gasteiger partial charge is 0.390 e. The summed E-state index contributed by atoms with van der Waals surface area (Å²) in [5.41, 5.74) is 0. The van der Waals surface area contributed by atoms with Gasteiger partial charge in [-0.3, -0.25) is 9.69 Å². The number of morpholine rings is 1. The molecule has 0 aliphatic carbocycles. The number of unbranched alkanes of at least 4 members (excludes halogenated alkanes) is 15. The van der Waals surface area contributed by atoms with E-state index in [9.17, 15) is 15.0 Å². The molecule has 0 aromatic heterocycles. The first-order chi connectivity index (χ1) is 17.6. The summed E-state index contributed by atoms with van der Waals surface area (Å²) in [5.74, 6) is -0.0126. The van der Waals surface area contributed by atoms with E-state index in [1.165, 1.54) is 83.5 Å². The van der Waals surface area contributed by atoms with Gasteiger partial charge in [0.1, 0.15) is 6.10 Å². The number of carbonyl (C=O) groups is 1. The number of rotatable bonds is 24. The quantitative estimate of drug-likeness (QED) is 0.139. The Morgan fingerprint density at radius 3 is 1.75 bits per heavy atom. The standard InChI is InChI=1S/C30H60N2O4/c1-3-5-7-9-10-11-12-13-14-15-17-18-20-28(33)30(35)27(26-32-22-24-36-25-23-32)31-29(34)21-19-16-8-6-4-2/h27-28,30,33,35H,3-26H2,1-2H3,(H,31,34)/t27-,28+,30-/m0/s1. The van der Waals surface area contributed by atoms with Crippen molar-refractivity contribution >= 4 is 5.91 Å². The molecule has 3 atom stereocenters. The maximum absolute atomic E-state index is 12.6. The van der Waals surface area contributed by atoms with Crippen LogP contribution in [0.25, 0.3) is 0 Å². The van der Waals surface area contributed by atoms with E-state index in [0.29, 0.717) is 32.6 Å². The fourth-order valence-corrected chi connectivity index (χ4v) is 5.10. The van der Waals surface area contributed by atoms with Crippen LogP contribution in [-0.2, 0) is 9.53 Å². The van der Waals surface area contributed by atoms with Crippen LogP contribution in [-0.4, -0.2) is 72.1 Å². The number of amides is 1. The van der Waals surface area contributed by atoms with Crippen LogP contribution in [0.2, 0.25) is 0 Å². The first-order valence-electron chi connectivity index (χ1n) is 15.5. The lowest BCUT2D eigenvalue weighted by Gasteiger charge is -2.34. The highest BCUT2D eigenvalue weighted by atomic mass is 16.5. The number of ether oxygens (including phenoxy) is 1. The van der Waals surface area contributed by atoms with Crippen LogP contribution in [0.15, 0.2) is 0 Å². The number of nitrogens with zero attached hydrogens (tertiary/aromatic N) is 1. The lowest BCUT2D eigenvalue weighted by atomic mass is 9.98. The normalized spacial score (nSPS) is 17.1. The second-order valence-corrected chi connectivity index (χ2v) is 11.0. The summed E-state index contributed by atoms with van der Waals surface area (Å²) in [6, 6.07) is -0.446. The SMILES string of the molecule is CCCCCCCCCCCCCC[C@@H](O)[C@@H](O)[C@H](CN1CCOCC1)NC(=O)CCCCCCC. The Hall–Kier alpha value is -0.690. The minimum Gasteiger partial charge on any atom is -0.390 e. The maximum atomic E-state index is 12.6. The molecule has 1 heterocycles.